The third-order valence-corrected chi connectivity index (χ3v) is 4.33. The molecule has 0 fully saturated rings. The van der Waals surface area contributed by atoms with E-state index in [1.165, 1.54) is 12.1 Å². The highest BCUT2D eigenvalue weighted by molar-refractivity contribution is 9.10. The maximum atomic E-state index is 12.3. The molecular weight excluding hydrogens is 388 g/mol. The number of ether oxygens (including phenoxy) is 1. The Morgan fingerprint density at radius 1 is 1.17 bits per heavy atom. The normalized spacial score (nSPS) is 10.6. The van der Waals surface area contributed by atoms with Gasteiger partial charge in [0.2, 0.25) is 5.91 Å². The second-order valence-corrected chi connectivity index (χ2v) is 6.56. The molecule has 2 aromatic rings. The maximum absolute atomic E-state index is 12.3. The van der Waals surface area contributed by atoms with Gasteiger partial charge in [0.05, 0.1) is 5.69 Å². The lowest BCUT2D eigenvalue weighted by Gasteiger charge is -2.11. The first kappa shape index (κ1) is 17.7. The van der Waals surface area contributed by atoms with Crippen LogP contribution in [0.3, 0.4) is 0 Å². The molecule has 0 saturated heterocycles. The van der Waals surface area contributed by atoms with Gasteiger partial charge in [0.1, 0.15) is 5.75 Å². The molecule has 1 N–H and O–H groups in total. The van der Waals surface area contributed by atoms with Crippen molar-refractivity contribution in [3.05, 3.63) is 53.0 Å². The number of hydrogen-bond acceptors (Lipinski definition) is 3. The molecule has 3 nitrogen and oxygen atoms in total. The number of benzene rings is 2. The van der Waals surface area contributed by atoms with Crippen LogP contribution in [-0.4, -0.2) is 18.3 Å². The van der Waals surface area contributed by atoms with Gasteiger partial charge in [0.15, 0.2) is 0 Å². The van der Waals surface area contributed by atoms with Crippen LogP contribution in [0.25, 0.3) is 0 Å². The Bertz CT molecular complexity index is 653. The smallest absolute Gasteiger partial charge is 0.387 e. The number of amides is 1. The number of alkyl halides is 2. The Hall–Kier alpha value is -1.60. The van der Waals surface area contributed by atoms with Crippen LogP contribution in [0.4, 0.5) is 14.5 Å². The molecule has 0 heterocycles. The van der Waals surface area contributed by atoms with Crippen molar-refractivity contribution in [2.75, 3.05) is 11.1 Å². The predicted octanol–water partition coefficient (Wildman–Crippen LogP) is 5.17. The van der Waals surface area contributed by atoms with Crippen molar-refractivity contribution >= 4 is 39.3 Å². The number of carbonyl (C=O) groups is 1. The number of halogens is 3. The van der Waals surface area contributed by atoms with E-state index in [0.29, 0.717) is 5.75 Å². The zero-order valence-electron chi connectivity index (χ0n) is 12.0. The van der Waals surface area contributed by atoms with Crippen LogP contribution in [0.2, 0.25) is 0 Å². The summed E-state index contributed by atoms with van der Waals surface area (Å²) in [6.07, 6.45) is 0.268. The monoisotopic (exact) mass is 401 g/mol. The third-order valence-electron chi connectivity index (χ3n) is 2.79. The summed E-state index contributed by atoms with van der Waals surface area (Å²) in [6.45, 7) is -2.93. The molecule has 1 amide bonds. The molecule has 23 heavy (non-hydrogen) atoms. The van der Waals surface area contributed by atoms with E-state index in [2.05, 4.69) is 26.0 Å². The van der Waals surface area contributed by atoms with Gasteiger partial charge < -0.3 is 10.1 Å². The maximum Gasteiger partial charge on any atom is 0.387 e. The lowest BCUT2D eigenvalue weighted by molar-refractivity contribution is -0.115. The minimum Gasteiger partial charge on any atom is -0.433 e. The zero-order chi connectivity index (χ0) is 16.7. The summed E-state index contributed by atoms with van der Waals surface area (Å²) in [5.41, 5.74) is 0.242. The number of carbonyl (C=O) groups excluding carboxylic acids is 1. The van der Waals surface area contributed by atoms with Crippen molar-refractivity contribution in [3.8, 4) is 5.75 Å². The van der Waals surface area contributed by atoms with Gasteiger partial charge in [-0.1, -0.05) is 28.1 Å². The summed E-state index contributed by atoms with van der Waals surface area (Å²) in [7, 11) is 0. The number of rotatable bonds is 7. The highest BCUT2D eigenvalue weighted by Gasteiger charge is 2.11. The molecule has 0 spiro atoms. The van der Waals surface area contributed by atoms with E-state index >= 15 is 0 Å². The lowest BCUT2D eigenvalue weighted by atomic mass is 10.3. The zero-order valence-corrected chi connectivity index (χ0v) is 14.4. The molecule has 7 heteroatoms. The first-order chi connectivity index (χ1) is 11.0. The Morgan fingerprint density at radius 3 is 2.57 bits per heavy atom. The van der Waals surface area contributed by atoms with Gasteiger partial charge in [0.25, 0.3) is 0 Å². The average Bonchev–Trinajstić information content (AvgIpc) is 2.51. The molecule has 0 radical (unpaired) electrons. The van der Waals surface area contributed by atoms with Gasteiger partial charge in [-0.15, -0.1) is 11.8 Å². The number of hydrogen-bond donors (Lipinski definition) is 1. The quantitative estimate of drug-likeness (QED) is 0.650. The molecule has 0 unspecified atom stereocenters. The van der Waals surface area contributed by atoms with E-state index in [1.54, 1.807) is 23.9 Å². The van der Waals surface area contributed by atoms with Crippen molar-refractivity contribution in [2.45, 2.75) is 17.9 Å². The van der Waals surface area contributed by atoms with E-state index < -0.39 is 6.61 Å². The standard InChI is InChI=1S/C16H14BrF2NO2S/c17-11-5-7-12(8-6-11)23-10-9-15(21)20-13-3-1-2-4-14(13)22-16(18)19/h1-8,16H,9-10H2,(H,20,21). The summed E-state index contributed by atoms with van der Waals surface area (Å²) >= 11 is 4.91. The van der Waals surface area contributed by atoms with Crippen molar-refractivity contribution in [3.63, 3.8) is 0 Å². The predicted molar refractivity (Wildman–Crippen MR) is 91.2 cm³/mol. The van der Waals surface area contributed by atoms with E-state index in [9.17, 15) is 13.6 Å². The van der Waals surface area contributed by atoms with Gasteiger partial charge in [0, 0.05) is 21.5 Å². The highest BCUT2D eigenvalue weighted by atomic mass is 79.9. The van der Waals surface area contributed by atoms with Gasteiger partial charge in [-0.25, -0.2) is 0 Å². The second kappa shape index (κ2) is 8.88. The van der Waals surface area contributed by atoms with Gasteiger partial charge in [-0.3, -0.25) is 4.79 Å². The van der Waals surface area contributed by atoms with Gasteiger partial charge in [-0.2, -0.15) is 8.78 Å². The molecule has 0 aliphatic carbocycles. The highest BCUT2D eigenvalue weighted by Crippen LogP contribution is 2.26. The molecule has 0 aromatic heterocycles. The fourth-order valence-corrected chi connectivity index (χ4v) is 2.89. The van der Waals surface area contributed by atoms with Gasteiger partial charge >= 0.3 is 6.61 Å². The molecule has 0 bridgehead atoms. The van der Waals surface area contributed by atoms with Crippen molar-refractivity contribution < 1.29 is 18.3 Å². The number of para-hydroxylation sites is 2. The van der Waals surface area contributed by atoms with Crippen LogP contribution < -0.4 is 10.1 Å². The molecule has 2 rings (SSSR count). The second-order valence-electron chi connectivity index (χ2n) is 4.48. The molecular formula is C16H14BrF2NO2S. The third kappa shape index (κ3) is 6.19. The first-order valence-corrected chi connectivity index (χ1v) is 8.54. The Labute approximate surface area is 145 Å². The van der Waals surface area contributed by atoms with Crippen LogP contribution in [0.1, 0.15) is 6.42 Å². The topological polar surface area (TPSA) is 38.3 Å². The van der Waals surface area contributed by atoms with E-state index in [-0.39, 0.29) is 23.8 Å². The Balaban J connectivity index is 1.84. The molecule has 2 aromatic carbocycles. The summed E-state index contributed by atoms with van der Waals surface area (Å²) < 4.78 is 30.0. The molecule has 0 aliphatic heterocycles. The Kier molecular flexibility index (Phi) is 6.85. The van der Waals surface area contributed by atoms with Crippen LogP contribution in [-0.2, 0) is 4.79 Å². The van der Waals surface area contributed by atoms with E-state index in [1.807, 2.05) is 24.3 Å². The van der Waals surface area contributed by atoms with Crippen LogP contribution >= 0.6 is 27.7 Å². The largest absolute Gasteiger partial charge is 0.433 e. The number of thioether (sulfide) groups is 1. The number of nitrogens with one attached hydrogen (secondary N) is 1. The number of anilines is 1. The summed E-state index contributed by atoms with van der Waals surface area (Å²) in [5.74, 6) is 0.294. The van der Waals surface area contributed by atoms with Crippen molar-refractivity contribution in [2.24, 2.45) is 0 Å². The summed E-state index contributed by atoms with van der Waals surface area (Å²) in [4.78, 5) is 13.0. The van der Waals surface area contributed by atoms with Crippen LogP contribution in [0.15, 0.2) is 57.9 Å². The first-order valence-electron chi connectivity index (χ1n) is 6.76. The molecule has 122 valence electrons. The Morgan fingerprint density at radius 2 is 1.87 bits per heavy atom. The molecule has 0 atom stereocenters. The van der Waals surface area contributed by atoms with Crippen LogP contribution in [0.5, 0.6) is 5.75 Å². The van der Waals surface area contributed by atoms with E-state index in [0.717, 1.165) is 9.37 Å². The van der Waals surface area contributed by atoms with Crippen LogP contribution in [0, 0.1) is 0 Å². The van der Waals surface area contributed by atoms with Crippen molar-refractivity contribution in [1.82, 2.24) is 0 Å². The van der Waals surface area contributed by atoms with E-state index in [4.69, 9.17) is 0 Å². The molecule has 0 saturated carbocycles. The SMILES string of the molecule is O=C(CCSc1ccc(Br)cc1)Nc1ccccc1OC(F)F. The van der Waals surface area contributed by atoms with Crippen molar-refractivity contribution in [1.29, 1.82) is 0 Å². The minimum absolute atomic E-state index is 0.0450. The van der Waals surface area contributed by atoms with Gasteiger partial charge in [-0.05, 0) is 36.4 Å². The summed E-state index contributed by atoms with van der Waals surface area (Å²) in [5, 5.41) is 2.59. The fourth-order valence-electron chi connectivity index (χ4n) is 1.77. The lowest BCUT2D eigenvalue weighted by Crippen LogP contribution is -2.14. The fraction of sp³-hybridized carbons (Fsp3) is 0.188. The average molecular weight is 402 g/mol. The minimum atomic E-state index is -2.93. The summed E-state index contributed by atoms with van der Waals surface area (Å²) in [6, 6.07) is 13.9. The molecule has 0 aliphatic rings.